The molecule has 180 valence electrons. The molecule has 7 nitrogen and oxygen atoms in total. The fourth-order valence-electron chi connectivity index (χ4n) is 4.04. The van der Waals surface area contributed by atoms with Crippen molar-refractivity contribution >= 4 is 51.6 Å². The lowest BCUT2D eigenvalue weighted by molar-refractivity contribution is -0.113. The Labute approximate surface area is 212 Å². The summed E-state index contributed by atoms with van der Waals surface area (Å²) in [7, 11) is 0. The quantitative estimate of drug-likeness (QED) is 0.228. The molecular formula is C24H27ClN4O3S2. The van der Waals surface area contributed by atoms with Gasteiger partial charge in [0.25, 0.3) is 0 Å². The highest BCUT2D eigenvalue weighted by Gasteiger charge is 2.26. The Kier molecular flexibility index (Phi) is 8.28. The Morgan fingerprint density at radius 1 is 1.15 bits per heavy atom. The number of halogens is 1. The van der Waals surface area contributed by atoms with Gasteiger partial charge >= 0.3 is 5.97 Å². The number of hydrogen-bond donors (Lipinski definition) is 1. The monoisotopic (exact) mass is 518 g/mol. The Morgan fingerprint density at radius 3 is 2.65 bits per heavy atom. The van der Waals surface area contributed by atoms with E-state index >= 15 is 0 Å². The molecule has 1 aromatic carbocycles. The highest BCUT2D eigenvalue weighted by molar-refractivity contribution is 7.99. The number of anilines is 1. The maximum atomic E-state index is 12.9. The number of carbonyl (C=O) groups excluding carboxylic acids is 2. The van der Waals surface area contributed by atoms with Gasteiger partial charge in [-0.05, 0) is 69.4 Å². The minimum absolute atomic E-state index is 0.156. The summed E-state index contributed by atoms with van der Waals surface area (Å²) in [6.07, 6.45) is 5.07. The van der Waals surface area contributed by atoms with Crippen molar-refractivity contribution in [1.29, 1.82) is 0 Å². The van der Waals surface area contributed by atoms with E-state index in [-0.39, 0.29) is 17.6 Å². The van der Waals surface area contributed by atoms with Gasteiger partial charge in [0, 0.05) is 22.0 Å². The number of esters is 1. The number of aryl methyl sites for hydroxylation is 1. The van der Waals surface area contributed by atoms with E-state index in [9.17, 15) is 9.59 Å². The van der Waals surface area contributed by atoms with Crippen LogP contribution in [0.5, 0.6) is 0 Å². The average Bonchev–Trinajstić information content (AvgIpc) is 3.31. The van der Waals surface area contributed by atoms with Crippen molar-refractivity contribution < 1.29 is 14.3 Å². The van der Waals surface area contributed by atoms with E-state index < -0.39 is 0 Å². The van der Waals surface area contributed by atoms with E-state index in [0.29, 0.717) is 33.9 Å². The van der Waals surface area contributed by atoms with Crippen LogP contribution in [0.1, 0.15) is 53.9 Å². The summed E-state index contributed by atoms with van der Waals surface area (Å²) in [6.45, 7) is 4.77. The maximum absolute atomic E-state index is 12.9. The molecule has 1 aliphatic carbocycles. The molecule has 0 saturated heterocycles. The topological polar surface area (TPSA) is 86.1 Å². The minimum atomic E-state index is -0.358. The lowest BCUT2D eigenvalue weighted by Gasteiger charge is -2.09. The first kappa shape index (κ1) is 24.8. The largest absolute Gasteiger partial charge is 0.462 e. The zero-order chi connectivity index (χ0) is 24.1. The predicted molar refractivity (Wildman–Crippen MR) is 137 cm³/mol. The number of amides is 1. The molecule has 2 heterocycles. The molecule has 2 aromatic heterocycles. The molecule has 0 atom stereocenters. The third-order valence-corrected chi connectivity index (χ3v) is 8.05. The van der Waals surface area contributed by atoms with Gasteiger partial charge in [0.15, 0.2) is 11.0 Å². The number of rotatable bonds is 8. The number of carbonyl (C=O) groups is 2. The van der Waals surface area contributed by atoms with Crippen molar-refractivity contribution in [2.24, 2.45) is 0 Å². The van der Waals surface area contributed by atoms with Gasteiger partial charge in [0.1, 0.15) is 5.00 Å². The van der Waals surface area contributed by atoms with Crippen LogP contribution in [-0.2, 0) is 28.9 Å². The molecule has 1 amide bonds. The third-order valence-electron chi connectivity index (χ3n) is 5.62. The standard InChI is InChI=1S/C24H27ClN4O3S2/c1-3-29-21(15-10-12-16(25)13-11-15)27-28-24(29)33-14-19(30)26-22-20(23(31)32-4-2)17-8-6-5-7-9-18(17)34-22/h10-13H,3-9,14H2,1-2H3,(H,26,30). The number of hydrogen-bond acceptors (Lipinski definition) is 7. The molecule has 34 heavy (non-hydrogen) atoms. The summed E-state index contributed by atoms with van der Waals surface area (Å²) in [5.41, 5.74) is 2.49. The number of thiophene rings is 1. The zero-order valence-corrected chi connectivity index (χ0v) is 21.6. The third kappa shape index (κ3) is 5.47. The summed E-state index contributed by atoms with van der Waals surface area (Å²) in [5.74, 6) is 0.339. The minimum Gasteiger partial charge on any atom is -0.462 e. The molecule has 0 radical (unpaired) electrons. The van der Waals surface area contributed by atoms with Gasteiger partial charge in [-0.2, -0.15) is 0 Å². The van der Waals surface area contributed by atoms with Crippen LogP contribution >= 0.6 is 34.7 Å². The van der Waals surface area contributed by atoms with Gasteiger partial charge in [-0.3, -0.25) is 4.79 Å². The highest BCUT2D eigenvalue weighted by Crippen LogP contribution is 2.38. The number of benzene rings is 1. The lowest BCUT2D eigenvalue weighted by atomic mass is 10.1. The van der Waals surface area contributed by atoms with Gasteiger partial charge in [-0.15, -0.1) is 21.5 Å². The van der Waals surface area contributed by atoms with Crippen molar-refractivity contribution in [1.82, 2.24) is 14.8 Å². The van der Waals surface area contributed by atoms with Crippen LogP contribution in [0.4, 0.5) is 5.00 Å². The fraction of sp³-hybridized carbons (Fsp3) is 0.417. The number of aromatic nitrogens is 3. The Bertz CT molecular complexity index is 1170. The Balaban J connectivity index is 1.49. The summed E-state index contributed by atoms with van der Waals surface area (Å²) in [6, 6.07) is 7.43. The molecule has 1 N–H and O–H groups in total. The summed E-state index contributed by atoms with van der Waals surface area (Å²) in [4.78, 5) is 26.8. The normalized spacial score (nSPS) is 13.3. The molecule has 0 unspecified atom stereocenters. The molecule has 4 rings (SSSR count). The van der Waals surface area contributed by atoms with Crippen LogP contribution in [0.2, 0.25) is 5.02 Å². The van der Waals surface area contributed by atoms with Crippen molar-refractivity contribution in [3.05, 3.63) is 45.3 Å². The summed E-state index contributed by atoms with van der Waals surface area (Å²) >= 11 is 8.82. The van der Waals surface area contributed by atoms with Crippen LogP contribution in [0.25, 0.3) is 11.4 Å². The molecule has 3 aromatic rings. The number of thioether (sulfide) groups is 1. The molecule has 1 aliphatic rings. The Morgan fingerprint density at radius 2 is 1.91 bits per heavy atom. The number of ether oxygens (including phenoxy) is 1. The van der Waals surface area contributed by atoms with Crippen molar-refractivity contribution in [3.8, 4) is 11.4 Å². The number of fused-ring (bicyclic) bond motifs is 1. The van der Waals surface area contributed by atoms with Gasteiger partial charge in [0.05, 0.1) is 17.9 Å². The summed E-state index contributed by atoms with van der Waals surface area (Å²) < 4.78 is 7.28. The van der Waals surface area contributed by atoms with E-state index in [1.807, 2.05) is 35.8 Å². The van der Waals surface area contributed by atoms with Crippen LogP contribution in [0.15, 0.2) is 29.4 Å². The first-order valence-corrected chi connectivity index (χ1v) is 13.6. The highest BCUT2D eigenvalue weighted by atomic mass is 35.5. The average molecular weight is 519 g/mol. The van der Waals surface area contributed by atoms with Gasteiger partial charge in [-0.25, -0.2) is 4.79 Å². The van der Waals surface area contributed by atoms with Crippen molar-refractivity contribution in [3.63, 3.8) is 0 Å². The first-order valence-electron chi connectivity index (χ1n) is 11.4. The van der Waals surface area contributed by atoms with E-state index in [0.717, 1.165) is 49.1 Å². The van der Waals surface area contributed by atoms with E-state index in [1.54, 1.807) is 6.92 Å². The number of nitrogens with zero attached hydrogens (tertiary/aromatic N) is 3. The van der Waals surface area contributed by atoms with Crippen molar-refractivity contribution in [2.45, 2.75) is 57.7 Å². The molecule has 0 saturated carbocycles. The van der Waals surface area contributed by atoms with Gasteiger partial charge in [0.2, 0.25) is 5.91 Å². The van der Waals surface area contributed by atoms with Gasteiger partial charge in [-0.1, -0.05) is 29.8 Å². The van der Waals surface area contributed by atoms with Crippen LogP contribution in [0.3, 0.4) is 0 Å². The van der Waals surface area contributed by atoms with E-state index in [4.69, 9.17) is 16.3 Å². The molecule has 0 fully saturated rings. The molecule has 0 bridgehead atoms. The second-order valence-corrected chi connectivity index (χ2v) is 10.4. The maximum Gasteiger partial charge on any atom is 0.341 e. The fourth-order valence-corrected chi connectivity index (χ4v) is 6.26. The van der Waals surface area contributed by atoms with Crippen LogP contribution in [0, 0.1) is 0 Å². The van der Waals surface area contributed by atoms with Crippen molar-refractivity contribution in [2.75, 3.05) is 17.7 Å². The predicted octanol–water partition coefficient (Wildman–Crippen LogP) is 5.86. The first-order chi connectivity index (χ1) is 16.5. The van der Waals surface area contributed by atoms with Gasteiger partial charge < -0.3 is 14.6 Å². The molecule has 10 heteroatoms. The summed E-state index contributed by atoms with van der Waals surface area (Å²) in [5, 5.41) is 13.5. The zero-order valence-electron chi connectivity index (χ0n) is 19.2. The Hall–Kier alpha value is -2.36. The second-order valence-electron chi connectivity index (χ2n) is 7.88. The van der Waals surface area contributed by atoms with E-state index in [1.165, 1.54) is 28.0 Å². The number of nitrogens with one attached hydrogen (secondary N) is 1. The smallest absolute Gasteiger partial charge is 0.341 e. The second kappa shape index (κ2) is 11.4. The SMILES string of the molecule is CCOC(=O)c1c(NC(=O)CSc2nnc(-c3ccc(Cl)cc3)n2CC)sc2c1CCCCC2. The van der Waals surface area contributed by atoms with E-state index in [2.05, 4.69) is 15.5 Å². The molecule has 0 aliphatic heterocycles. The lowest BCUT2D eigenvalue weighted by Crippen LogP contribution is -2.17. The van der Waals surface area contributed by atoms with Crippen LogP contribution in [-0.4, -0.2) is 39.0 Å². The van der Waals surface area contributed by atoms with Crippen LogP contribution < -0.4 is 5.32 Å². The molecular weight excluding hydrogens is 492 g/mol. The molecule has 0 spiro atoms.